The molecule has 5 heteroatoms. The second-order valence-electron chi connectivity index (χ2n) is 6.83. The molecular weight excluding hydrogens is 310 g/mol. The number of aryl methyl sites for hydroxylation is 1. The monoisotopic (exact) mass is 333 g/mol. The van der Waals surface area contributed by atoms with E-state index in [-0.39, 0.29) is 29.5 Å². The van der Waals surface area contributed by atoms with E-state index >= 15 is 0 Å². The van der Waals surface area contributed by atoms with Crippen molar-refractivity contribution in [2.24, 2.45) is 5.92 Å². The molecule has 1 heterocycles. The summed E-state index contributed by atoms with van der Waals surface area (Å²) in [5, 5.41) is 4.46. The van der Waals surface area contributed by atoms with Gasteiger partial charge in [-0.3, -0.25) is 4.79 Å². The number of carbonyl (C=O) groups is 1. The molecule has 1 aromatic rings. The topological polar surface area (TPSA) is 63.2 Å². The quantitative estimate of drug-likeness (QED) is 0.921. The van der Waals surface area contributed by atoms with Crippen molar-refractivity contribution in [1.82, 2.24) is 5.32 Å². The van der Waals surface area contributed by atoms with Crippen LogP contribution in [-0.2, 0) is 20.2 Å². The molecule has 0 aromatic heterocycles. The molecule has 1 saturated carbocycles. The second kappa shape index (κ2) is 6.11. The lowest BCUT2D eigenvalue weighted by molar-refractivity contribution is -0.123. The van der Waals surface area contributed by atoms with E-state index in [0.29, 0.717) is 0 Å². The summed E-state index contributed by atoms with van der Waals surface area (Å²) in [6, 6.07) is 8.31. The van der Waals surface area contributed by atoms with Gasteiger partial charge in [0, 0.05) is 17.7 Å². The highest BCUT2D eigenvalue weighted by Gasteiger charge is 2.37. The summed E-state index contributed by atoms with van der Waals surface area (Å²) in [6.07, 6.45) is 5.98. The molecule has 4 nitrogen and oxygen atoms in total. The van der Waals surface area contributed by atoms with Gasteiger partial charge in [-0.05, 0) is 25.3 Å². The Labute approximate surface area is 137 Å². The van der Waals surface area contributed by atoms with Gasteiger partial charge in [0.05, 0.1) is 11.3 Å². The van der Waals surface area contributed by atoms with E-state index in [1.54, 1.807) is 6.08 Å². The summed E-state index contributed by atoms with van der Waals surface area (Å²) in [7, 11) is -3.10. The number of benzene rings is 1. The molecule has 0 saturated heterocycles. The molecule has 124 valence electrons. The molecule has 1 N–H and O–H groups in total. The molecule has 23 heavy (non-hydrogen) atoms. The molecule has 0 spiro atoms. The molecule has 1 atom stereocenters. The van der Waals surface area contributed by atoms with Gasteiger partial charge in [0.2, 0.25) is 5.91 Å². The zero-order chi connectivity index (χ0) is 16.5. The summed E-state index contributed by atoms with van der Waals surface area (Å²) in [6.45, 7) is 2.06. The Hall–Kier alpha value is -1.62. The number of amides is 1. The molecule has 1 aliphatic carbocycles. The third-order valence-electron chi connectivity index (χ3n) is 4.86. The number of sulfone groups is 1. The standard InChI is InChI=1S/C18H23NO3S/c1-14-5-4-6-16(11-14)18(8-2-3-9-18)19-17(20)12-15-7-10-23(21,22)13-15/h4-7,10-11,15H,2-3,8-9,12-13H2,1H3,(H,19,20)/t15-/m1/s1. The smallest absolute Gasteiger partial charge is 0.221 e. The maximum atomic E-state index is 12.5. The van der Waals surface area contributed by atoms with Crippen molar-refractivity contribution in [1.29, 1.82) is 0 Å². The molecule has 0 bridgehead atoms. The third-order valence-corrected chi connectivity index (χ3v) is 6.32. The molecule has 0 radical (unpaired) electrons. The largest absolute Gasteiger partial charge is 0.347 e. The average Bonchev–Trinajstić information content (AvgIpc) is 3.06. The first-order valence-corrected chi connectivity index (χ1v) is 9.89. The summed E-state index contributed by atoms with van der Waals surface area (Å²) < 4.78 is 22.9. The summed E-state index contributed by atoms with van der Waals surface area (Å²) in [5.41, 5.74) is 2.07. The first kappa shape index (κ1) is 16.2. The van der Waals surface area contributed by atoms with E-state index in [1.807, 2.05) is 6.07 Å². The number of hydrogen-bond acceptors (Lipinski definition) is 3. The molecular formula is C18H23NO3S. The first-order chi connectivity index (χ1) is 10.9. The Bertz CT molecular complexity index is 730. The summed E-state index contributed by atoms with van der Waals surface area (Å²) >= 11 is 0. The van der Waals surface area contributed by atoms with Gasteiger partial charge in [-0.1, -0.05) is 48.7 Å². The zero-order valence-electron chi connectivity index (χ0n) is 13.4. The predicted molar refractivity (Wildman–Crippen MR) is 90.5 cm³/mol. The lowest BCUT2D eigenvalue weighted by atomic mass is 9.87. The van der Waals surface area contributed by atoms with Crippen molar-refractivity contribution in [2.75, 3.05) is 5.75 Å². The Morgan fingerprint density at radius 2 is 2.04 bits per heavy atom. The van der Waals surface area contributed by atoms with Gasteiger partial charge in [0.25, 0.3) is 0 Å². The number of rotatable bonds is 4. The fraction of sp³-hybridized carbons (Fsp3) is 0.500. The Morgan fingerprint density at radius 3 is 2.65 bits per heavy atom. The van der Waals surface area contributed by atoms with Crippen molar-refractivity contribution in [2.45, 2.75) is 44.6 Å². The Morgan fingerprint density at radius 1 is 1.30 bits per heavy atom. The SMILES string of the molecule is Cc1cccc(C2(NC(=O)C[C@H]3C=CS(=O)(=O)C3)CCCC2)c1. The lowest BCUT2D eigenvalue weighted by Gasteiger charge is -2.32. The lowest BCUT2D eigenvalue weighted by Crippen LogP contribution is -2.44. The fourth-order valence-corrected chi connectivity index (χ4v) is 5.13. The van der Waals surface area contributed by atoms with Crippen molar-refractivity contribution < 1.29 is 13.2 Å². The van der Waals surface area contributed by atoms with Gasteiger partial charge in [0.15, 0.2) is 9.84 Å². The van der Waals surface area contributed by atoms with E-state index in [0.717, 1.165) is 31.2 Å². The maximum Gasteiger partial charge on any atom is 0.221 e. The Balaban J connectivity index is 1.73. The first-order valence-electron chi connectivity index (χ1n) is 8.18. The second-order valence-corrected chi connectivity index (χ2v) is 8.76. The maximum absolute atomic E-state index is 12.5. The highest BCUT2D eigenvalue weighted by atomic mass is 32.2. The van der Waals surface area contributed by atoms with Gasteiger partial charge in [-0.2, -0.15) is 0 Å². The fourth-order valence-electron chi connectivity index (χ4n) is 3.73. The highest BCUT2D eigenvalue weighted by molar-refractivity contribution is 7.94. The van der Waals surface area contributed by atoms with Crippen LogP contribution in [0, 0.1) is 12.8 Å². The van der Waals surface area contributed by atoms with Crippen LogP contribution in [0.4, 0.5) is 0 Å². The minimum absolute atomic E-state index is 0.0534. The van der Waals surface area contributed by atoms with E-state index in [9.17, 15) is 13.2 Å². The average molecular weight is 333 g/mol. The van der Waals surface area contributed by atoms with Crippen LogP contribution in [0.5, 0.6) is 0 Å². The molecule has 1 aromatic carbocycles. The van der Waals surface area contributed by atoms with Gasteiger partial charge in [0.1, 0.15) is 0 Å². The number of carbonyl (C=O) groups excluding carboxylic acids is 1. The van der Waals surface area contributed by atoms with Crippen molar-refractivity contribution in [3.63, 3.8) is 0 Å². The van der Waals surface area contributed by atoms with Crippen LogP contribution in [0.2, 0.25) is 0 Å². The van der Waals surface area contributed by atoms with Crippen LogP contribution >= 0.6 is 0 Å². The highest BCUT2D eigenvalue weighted by Crippen LogP contribution is 2.39. The van der Waals surface area contributed by atoms with Crippen LogP contribution < -0.4 is 5.32 Å². The van der Waals surface area contributed by atoms with Crippen LogP contribution in [0.1, 0.15) is 43.2 Å². The van der Waals surface area contributed by atoms with Crippen LogP contribution in [0.3, 0.4) is 0 Å². The Kier molecular flexibility index (Phi) is 4.32. The number of hydrogen-bond donors (Lipinski definition) is 1. The molecule has 0 unspecified atom stereocenters. The van der Waals surface area contributed by atoms with Crippen LogP contribution in [0.15, 0.2) is 35.7 Å². The van der Waals surface area contributed by atoms with E-state index in [4.69, 9.17) is 0 Å². The van der Waals surface area contributed by atoms with Crippen molar-refractivity contribution in [3.8, 4) is 0 Å². The van der Waals surface area contributed by atoms with Gasteiger partial charge in [-0.15, -0.1) is 0 Å². The minimum Gasteiger partial charge on any atom is -0.347 e. The van der Waals surface area contributed by atoms with Gasteiger partial charge < -0.3 is 5.32 Å². The van der Waals surface area contributed by atoms with E-state index in [2.05, 4.69) is 30.4 Å². The molecule has 1 aliphatic heterocycles. The van der Waals surface area contributed by atoms with Gasteiger partial charge in [-0.25, -0.2) is 8.42 Å². The minimum atomic E-state index is -3.10. The third kappa shape index (κ3) is 3.66. The van der Waals surface area contributed by atoms with Gasteiger partial charge >= 0.3 is 0 Å². The van der Waals surface area contributed by atoms with E-state index < -0.39 is 9.84 Å². The van der Waals surface area contributed by atoms with Crippen molar-refractivity contribution >= 4 is 15.7 Å². The normalized spacial score (nSPS) is 24.7. The van der Waals surface area contributed by atoms with Crippen LogP contribution in [0.25, 0.3) is 0 Å². The molecule has 3 rings (SSSR count). The molecule has 2 aliphatic rings. The van der Waals surface area contributed by atoms with E-state index in [1.165, 1.54) is 11.0 Å². The molecule has 1 fully saturated rings. The summed E-state index contributed by atoms with van der Waals surface area (Å²) in [5.74, 6) is -0.200. The summed E-state index contributed by atoms with van der Waals surface area (Å²) in [4.78, 5) is 12.5. The number of nitrogens with one attached hydrogen (secondary N) is 1. The predicted octanol–water partition coefficient (Wildman–Crippen LogP) is 2.83. The zero-order valence-corrected chi connectivity index (χ0v) is 14.2. The molecule has 1 amide bonds. The van der Waals surface area contributed by atoms with Crippen LogP contribution in [-0.4, -0.2) is 20.1 Å². The van der Waals surface area contributed by atoms with Crippen molar-refractivity contribution in [3.05, 3.63) is 46.9 Å². The number of allylic oxidation sites excluding steroid dienone is 1.